The number of thiazole rings is 1. The quantitative estimate of drug-likeness (QED) is 0.788. The molecule has 2 aromatic carbocycles. The van der Waals surface area contributed by atoms with Gasteiger partial charge in [-0.05, 0) is 23.8 Å². The second-order valence-corrected chi connectivity index (χ2v) is 5.70. The molecule has 0 atom stereocenters. The largest absolute Gasteiger partial charge is 0.493 e. The molecule has 0 bridgehead atoms. The number of aromatic nitrogens is 1. The van der Waals surface area contributed by atoms with Crippen LogP contribution in [0.2, 0.25) is 0 Å². The van der Waals surface area contributed by atoms with Crippen LogP contribution >= 0.6 is 11.3 Å². The lowest BCUT2D eigenvalue weighted by atomic mass is 10.1. The van der Waals surface area contributed by atoms with Crippen LogP contribution in [-0.4, -0.2) is 19.2 Å². The van der Waals surface area contributed by atoms with Gasteiger partial charge in [-0.15, -0.1) is 0 Å². The lowest BCUT2D eigenvalue weighted by Crippen LogP contribution is -1.91. The Morgan fingerprint density at radius 1 is 0.909 bits per heavy atom. The number of hydrogen-bond donors (Lipinski definition) is 1. The van der Waals surface area contributed by atoms with Crippen molar-refractivity contribution in [3.63, 3.8) is 0 Å². The van der Waals surface area contributed by atoms with Crippen LogP contribution in [0.1, 0.15) is 0 Å². The third-order valence-corrected chi connectivity index (χ3v) is 4.27. The Balaban J connectivity index is 2.13. The highest BCUT2D eigenvalue weighted by Crippen LogP contribution is 2.40. The van der Waals surface area contributed by atoms with Crippen molar-refractivity contribution in [2.24, 2.45) is 0 Å². The van der Waals surface area contributed by atoms with E-state index in [1.807, 2.05) is 36.4 Å². The first-order chi connectivity index (χ1) is 10.7. The van der Waals surface area contributed by atoms with E-state index in [4.69, 9.17) is 15.2 Å². The van der Waals surface area contributed by atoms with E-state index in [0.717, 1.165) is 21.7 Å². The van der Waals surface area contributed by atoms with Crippen LogP contribution in [0, 0.1) is 0 Å². The molecule has 0 spiro atoms. The lowest BCUT2D eigenvalue weighted by Gasteiger charge is -2.09. The van der Waals surface area contributed by atoms with Crippen LogP contribution < -0.4 is 15.2 Å². The summed E-state index contributed by atoms with van der Waals surface area (Å²) in [5, 5.41) is 0.545. The molecular formula is C17H16N2O2S. The van der Waals surface area contributed by atoms with E-state index in [2.05, 4.69) is 17.1 Å². The standard InChI is InChI=1S/C17H16N2O2S/c1-20-13-9-8-12(10-14(13)21-2)15-16(22-17(18)19-15)11-6-4-3-5-7-11/h3-10H,1-2H3,(H2,18,19). The van der Waals surface area contributed by atoms with Crippen molar-refractivity contribution < 1.29 is 9.47 Å². The first-order valence-corrected chi connectivity index (χ1v) is 7.58. The minimum absolute atomic E-state index is 0.545. The first kappa shape index (κ1) is 14.4. The highest BCUT2D eigenvalue weighted by molar-refractivity contribution is 7.19. The van der Waals surface area contributed by atoms with Gasteiger partial charge in [0.1, 0.15) is 0 Å². The van der Waals surface area contributed by atoms with Crippen molar-refractivity contribution in [3.8, 4) is 33.2 Å². The van der Waals surface area contributed by atoms with E-state index < -0.39 is 0 Å². The van der Waals surface area contributed by atoms with Gasteiger partial charge in [-0.25, -0.2) is 4.98 Å². The summed E-state index contributed by atoms with van der Waals surface area (Å²) < 4.78 is 10.6. The Hall–Kier alpha value is -2.53. The first-order valence-electron chi connectivity index (χ1n) is 6.77. The Kier molecular flexibility index (Phi) is 3.98. The zero-order valence-corrected chi connectivity index (χ0v) is 13.2. The summed E-state index contributed by atoms with van der Waals surface area (Å²) in [4.78, 5) is 5.53. The zero-order chi connectivity index (χ0) is 15.5. The molecular weight excluding hydrogens is 296 g/mol. The Bertz CT molecular complexity index is 785. The number of hydrogen-bond acceptors (Lipinski definition) is 5. The van der Waals surface area contributed by atoms with Gasteiger partial charge in [0.05, 0.1) is 24.8 Å². The van der Waals surface area contributed by atoms with E-state index in [9.17, 15) is 0 Å². The number of nitrogens with zero attached hydrogens (tertiary/aromatic N) is 1. The van der Waals surface area contributed by atoms with Gasteiger partial charge in [-0.2, -0.15) is 0 Å². The molecule has 3 aromatic rings. The number of nitrogen functional groups attached to an aromatic ring is 1. The van der Waals surface area contributed by atoms with Gasteiger partial charge in [-0.1, -0.05) is 41.7 Å². The molecule has 0 saturated heterocycles. The third-order valence-electron chi connectivity index (χ3n) is 3.34. The zero-order valence-electron chi connectivity index (χ0n) is 12.4. The molecule has 2 N–H and O–H groups in total. The second-order valence-electron chi connectivity index (χ2n) is 4.67. The molecule has 5 heteroatoms. The van der Waals surface area contributed by atoms with Crippen molar-refractivity contribution in [2.75, 3.05) is 20.0 Å². The van der Waals surface area contributed by atoms with Gasteiger partial charge in [-0.3, -0.25) is 0 Å². The van der Waals surface area contributed by atoms with Crippen molar-refractivity contribution >= 4 is 16.5 Å². The smallest absolute Gasteiger partial charge is 0.181 e. The van der Waals surface area contributed by atoms with Gasteiger partial charge in [0.25, 0.3) is 0 Å². The summed E-state index contributed by atoms with van der Waals surface area (Å²) in [7, 11) is 3.24. The summed E-state index contributed by atoms with van der Waals surface area (Å²) in [6, 6.07) is 15.9. The van der Waals surface area contributed by atoms with Gasteiger partial charge in [0.2, 0.25) is 0 Å². The van der Waals surface area contributed by atoms with Crippen LogP contribution in [0.4, 0.5) is 5.13 Å². The van der Waals surface area contributed by atoms with Gasteiger partial charge in [0.15, 0.2) is 16.6 Å². The normalized spacial score (nSPS) is 10.5. The summed E-state index contributed by atoms with van der Waals surface area (Å²) in [5.41, 5.74) is 8.84. The Labute approximate surface area is 133 Å². The van der Waals surface area contributed by atoms with Crippen LogP contribution in [-0.2, 0) is 0 Å². The van der Waals surface area contributed by atoms with Crippen LogP contribution in [0.25, 0.3) is 21.7 Å². The van der Waals surface area contributed by atoms with E-state index >= 15 is 0 Å². The summed E-state index contributed by atoms with van der Waals surface area (Å²) >= 11 is 1.48. The number of benzene rings is 2. The van der Waals surface area contributed by atoms with E-state index in [1.165, 1.54) is 11.3 Å². The molecule has 3 rings (SSSR count). The summed E-state index contributed by atoms with van der Waals surface area (Å²) in [6.45, 7) is 0. The number of anilines is 1. The van der Waals surface area contributed by atoms with Crippen molar-refractivity contribution in [1.29, 1.82) is 0 Å². The summed E-state index contributed by atoms with van der Waals surface area (Å²) in [5.74, 6) is 1.36. The predicted octanol–water partition coefficient (Wildman–Crippen LogP) is 4.08. The number of methoxy groups -OCH3 is 2. The molecule has 0 saturated carbocycles. The Morgan fingerprint density at radius 2 is 1.64 bits per heavy atom. The van der Waals surface area contributed by atoms with Crippen molar-refractivity contribution in [2.45, 2.75) is 0 Å². The Morgan fingerprint density at radius 3 is 2.32 bits per heavy atom. The molecule has 1 aromatic heterocycles. The lowest BCUT2D eigenvalue weighted by molar-refractivity contribution is 0.355. The number of rotatable bonds is 4. The highest BCUT2D eigenvalue weighted by Gasteiger charge is 2.15. The molecule has 112 valence electrons. The molecule has 22 heavy (non-hydrogen) atoms. The highest BCUT2D eigenvalue weighted by atomic mass is 32.1. The molecule has 0 fully saturated rings. The minimum atomic E-state index is 0.545. The van der Waals surface area contributed by atoms with Crippen molar-refractivity contribution in [1.82, 2.24) is 4.98 Å². The molecule has 0 aliphatic carbocycles. The van der Waals surface area contributed by atoms with Crippen LogP contribution in [0.3, 0.4) is 0 Å². The molecule has 0 aliphatic rings. The number of ether oxygens (including phenoxy) is 2. The van der Waals surface area contributed by atoms with Gasteiger partial charge in [0, 0.05) is 5.56 Å². The maximum Gasteiger partial charge on any atom is 0.181 e. The van der Waals surface area contributed by atoms with Crippen LogP contribution in [0.5, 0.6) is 11.5 Å². The second kappa shape index (κ2) is 6.07. The SMILES string of the molecule is COc1ccc(-c2nc(N)sc2-c2ccccc2)cc1OC. The monoisotopic (exact) mass is 312 g/mol. The molecule has 0 amide bonds. The van der Waals surface area contributed by atoms with E-state index in [1.54, 1.807) is 14.2 Å². The van der Waals surface area contributed by atoms with Crippen LogP contribution in [0.15, 0.2) is 48.5 Å². The topological polar surface area (TPSA) is 57.4 Å². The molecule has 0 unspecified atom stereocenters. The third kappa shape index (κ3) is 2.63. The average molecular weight is 312 g/mol. The van der Waals surface area contributed by atoms with Crippen molar-refractivity contribution in [3.05, 3.63) is 48.5 Å². The number of nitrogens with two attached hydrogens (primary N) is 1. The van der Waals surface area contributed by atoms with Gasteiger partial charge >= 0.3 is 0 Å². The maximum atomic E-state index is 5.93. The maximum absolute atomic E-state index is 5.93. The predicted molar refractivity (Wildman–Crippen MR) is 90.5 cm³/mol. The fourth-order valence-electron chi connectivity index (χ4n) is 2.30. The molecule has 1 heterocycles. The molecule has 4 nitrogen and oxygen atoms in total. The minimum Gasteiger partial charge on any atom is -0.493 e. The molecule has 0 radical (unpaired) electrons. The molecule has 0 aliphatic heterocycles. The average Bonchev–Trinajstić information content (AvgIpc) is 2.97. The summed E-state index contributed by atoms with van der Waals surface area (Å²) in [6.07, 6.45) is 0. The van der Waals surface area contributed by atoms with E-state index in [0.29, 0.717) is 16.6 Å². The fraction of sp³-hybridized carbons (Fsp3) is 0.118. The van der Waals surface area contributed by atoms with Gasteiger partial charge < -0.3 is 15.2 Å². The van der Waals surface area contributed by atoms with E-state index in [-0.39, 0.29) is 0 Å². The fourth-order valence-corrected chi connectivity index (χ4v) is 3.16.